The summed E-state index contributed by atoms with van der Waals surface area (Å²) in [4.78, 5) is 0. The molecular weight excluding hydrogens is 532 g/mol. The molecule has 206 valence electrons. The number of hydrogen-bond donors (Lipinski definition) is 0. The predicted octanol–water partition coefficient (Wildman–Crippen LogP) is 11.2. The summed E-state index contributed by atoms with van der Waals surface area (Å²) in [7, 11) is 0. The molecule has 0 fully saturated rings. The average Bonchev–Trinajstić information content (AvgIpc) is 3.60. The predicted molar refractivity (Wildman–Crippen MR) is 186 cm³/mol. The zero-order chi connectivity index (χ0) is 29.0. The molecule has 0 N–H and O–H groups in total. The number of fused-ring (bicyclic) bond motifs is 6. The summed E-state index contributed by atoms with van der Waals surface area (Å²) in [6.45, 7) is 0. The van der Waals surface area contributed by atoms with Gasteiger partial charge in [0.2, 0.25) is 0 Å². The maximum Gasteiger partial charge on any atom is 0.0562 e. The Morgan fingerprint density at radius 2 is 0.841 bits per heavy atom. The van der Waals surface area contributed by atoms with Crippen LogP contribution in [0.2, 0.25) is 0 Å². The van der Waals surface area contributed by atoms with E-state index >= 15 is 0 Å². The molecule has 0 unspecified atom stereocenters. The average molecular weight is 561 g/mol. The lowest BCUT2D eigenvalue weighted by atomic mass is 9.98. The first kappa shape index (κ1) is 24.7. The van der Waals surface area contributed by atoms with E-state index < -0.39 is 0 Å². The van der Waals surface area contributed by atoms with Crippen molar-refractivity contribution in [3.63, 3.8) is 0 Å². The Morgan fingerprint density at radius 1 is 0.295 bits per heavy atom. The Hall–Kier alpha value is -5.86. The van der Waals surface area contributed by atoms with Gasteiger partial charge in [0.15, 0.2) is 0 Å². The summed E-state index contributed by atoms with van der Waals surface area (Å²) < 4.78 is 4.86. The van der Waals surface area contributed by atoms with Crippen molar-refractivity contribution < 1.29 is 0 Å². The van der Waals surface area contributed by atoms with Crippen LogP contribution in [0.1, 0.15) is 0 Å². The van der Waals surface area contributed by atoms with E-state index in [2.05, 4.69) is 179 Å². The molecule has 2 aromatic heterocycles. The van der Waals surface area contributed by atoms with Crippen LogP contribution in [0.5, 0.6) is 0 Å². The number of para-hydroxylation sites is 4. The molecule has 2 heteroatoms. The molecule has 2 nitrogen and oxygen atoms in total. The zero-order valence-corrected chi connectivity index (χ0v) is 24.1. The molecule has 0 aliphatic rings. The molecule has 0 aliphatic heterocycles. The van der Waals surface area contributed by atoms with Crippen LogP contribution in [0.25, 0.3) is 77.2 Å². The molecule has 0 saturated heterocycles. The Balaban J connectivity index is 1.36. The van der Waals surface area contributed by atoms with Crippen molar-refractivity contribution in [3.05, 3.63) is 170 Å². The van der Waals surface area contributed by atoms with E-state index in [4.69, 9.17) is 0 Å². The monoisotopic (exact) mass is 560 g/mol. The van der Waals surface area contributed by atoms with Crippen molar-refractivity contribution >= 4 is 43.6 Å². The number of aromatic nitrogens is 2. The smallest absolute Gasteiger partial charge is 0.0562 e. The minimum atomic E-state index is 1.17. The summed E-state index contributed by atoms with van der Waals surface area (Å²) in [6.07, 6.45) is 0. The van der Waals surface area contributed by atoms with E-state index in [1.54, 1.807) is 0 Å². The van der Waals surface area contributed by atoms with Crippen LogP contribution in [0.4, 0.5) is 0 Å². The third-order valence-electron chi connectivity index (χ3n) is 8.91. The molecule has 0 atom stereocenters. The number of nitrogens with zero attached hydrogens (tertiary/aromatic N) is 2. The summed E-state index contributed by atoms with van der Waals surface area (Å²) in [5, 5.41) is 5.05. The molecule has 0 radical (unpaired) electrons. The molecule has 0 aliphatic carbocycles. The topological polar surface area (TPSA) is 9.86 Å². The van der Waals surface area contributed by atoms with Crippen LogP contribution >= 0.6 is 0 Å². The standard InChI is InChI=1S/C42H28N2/c1-3-14-29(15-4-1)30-16-13-17-31(26-30)33-20-7-10-23-38(33)44-40-25-12-9-22-35(40)37-27-36-34-21-8-11-24-39(34)43(41(36)28-42(37)44)32-18-5-2-6-19-32/h1-28H. The van der Waals surface area contributed by atoms with Gasteiger partial charge in [-0.2, -0.15) is 0 Å². The van der Waals surface area contributed by atoms with E-state index in [0.29, 0.717) is 0 Å². The molecule has 0 amide bonds. The first-order valence-corrected chi connectivity index (χ1v) is 15.1. The van der Waals surface area contributed by atoms with Gasteiger partial charge in [-0.25, -0.2) is 0 Å². The van der Waals surface area contributed by atoms with E-state index in [0.717, 1.165) is 0 Å². The Morgan fingerprint density at radius 3 is 1.59 bits per heavy atom. The fraction of sp³-hybridized carbons (Fsp3) is 0. The lowest BCUT2D eigenvalue weighted by molar-refractivity contribution is 1.17. The maximum atomic E-state index is 2.46. The SMILES string of the molecule is c1ccc(-c2cccc(-c3ccccc3-n3c4ccccc4c4cc5c6ccccc6n(-c6ccccc6)c5cc43)c2)cc1. The lowest BCUT2D eigenvalue weighted by Gasteiger charge is -2.15. The minimum absolute atomic E-state index is 1.17. The van der Waals surface area contributed by atoms with Crippen molar-refractivity contribution in [1.29, 1.82) is 0 Å². The molecule has 0 bridgehead atoms. The van der Waals surface area contributed by atoms with Crippen LogP contribution in [-0.4, -0.2) is 9.13 Å². The summed E-state index contributed by atoms with van der Waals surface area (Å²) in [5.41, 5.74) is 12.0. The summed E-state index contributed by atoms with van der Waals surface area (Å²) in [5.74, 6) is 0. The van der Waals surface area contributed by atoms with Crippen LogP contribution in [0.15, 0.2) is 170 Å². The second kappa shape index (κ2) is 9.86. The second-order valence-corrected chi connectivity index (χ2v) is 11.4. The molecule has 9 aromatic rings. The Kier molecular flexibility index (Phi) is 5.54. The number of benzene rings is 7. The molecule has 0 saturated carbocycles. The first-order valence-electron chi connectivity index (χ1n) is 15.1. The number of hydrogen-bond acceptors (Lipinski definition) is 0. The minimum Gasteiger partial charge on any atom is -0.309 e. The van der Waals surface area contributed by atoms with Crippen molar-refractivity contribution in [3.8, 4) is 33.6 Å². The van der Waals surface area contributed by atoms with Crippen LogP contribution < -0.4 is 0 Å². The highest BCUT2D eigenvalue weighted by molar-refractivity contribution is 6.19. The highest BCUT2D eigenvalue weighted by Crippen LogP contribution is 2.41. The second-order valence-electron chi connectivity index (χ2n) is 11.4. The van der Waals surface area contributed by atoms with Gasteiger partial charge in [0.1, 0.15) is 0 Å². The highest BCUT2D eigenvalue weighted by atomic mass is 15.0. The van der Waals surface area contributed by atoms with E-state index in [-0.39, 0.29) is 0 Å². The molecule has 0 spiro atoms. The lowest BCUT2D eigenvalue weighted by Crippen LogP contribution is -1.98. The quantitative estimate of drug-likeness (QED) is 0.203. The molecular formula is C42H28N2. The summed E-state index contributed by atoms with van der Waals surface area (Å²) in [6, 6.07) is 61.4. The van der Waals surface area contributed by atoms with Crippen LogP contribution in [0.3, 0.4) is 0 Å². The van der Waals surface area contributed by atoms with Gasteiger partial charge in [0, 0.05) is 32.8 Å². The van der Waals surface area contributed by atoms with Crippen molar-refractivity contribution in [2.45, 2.75) is 0 Å². The van der Waals surface area contributed by atoms with E-state index in [1.165, 1.54) is 77.2 Å². The molecule has 2 heterocycles. The van der Waals surface area contributed by atoms with Crippen molar-refractivity contribution in [2.75, 3.05) is 0 Å². The third kappa shape index (κ3) is 3.75. The summed E-state index contributed by atoms with van der Waals surface area (Å²) >= 11 is 0. The largest absolute Gasteiger partial charge is 0.309 e. The van der Waals surface area contributed by atoms with Gasteiger partial charge in [-0.1, -0.05) is 121 Å². The first-order chi connectivity index (χ1) is 21.8. The van der Waals surface area contributed by atoms with Gasteiger partial charge in [-0.3, -0.25) is 0 Å². The van der Waals surface area contributed by atoms with Crippen LogP contribution in [0, 0.1) is 0 Å². The maximum absolute atomic E-state index is 2.46. The molecule has 9 rings (SSSR count). The van der Waals surface area contributed by atoms with Gasteiger partial charge in [-0.15, -0.1) is 0 Å². The van der Waals surface area contributed by atoms with Crippen molar-refractivity contribution in [2.24, 2.45) is 0 Å². The Labute approximate surface area is 255 Å². The zero-order valence-electron chi connectivity index (χ0n) is 24.1. The van der Waals surface area contributed by atoms with Crippen molar-refractivity contribution in [1.82, 2.24) is 9.13 Å². The number of rotatable bonds is 4. The molecule has 7 aromatic carbocycles. The van der Waals surface area contributed by atoms with Gasteiger partial charge in [-0.05, 0) is 65.2 Å². The Bertz CT molecular complexity index is 2480. The van der Waals surface area contributed by atoms with E-state index in [1.807, 2.05) is 0 Å². The van der Waals surface area contributed by atoms with Gasteiger partial charge < -0.3 is 9.13 Å². The van der Waals surface area contributed by atoms with Gasteiger partial charge in [0.05, 0.1) is 27.8 Å². The normalized spacial score (nSPS) is 11.6. The van der Waals surface area contributed by atoms with Crippen LogP contribution in [-0.2, 0) is 0 Å². The van der Waals surface area contributed by atoms with E-state index in [9.17, 15) is 0 Å². The fourth-order valence-corrected chi connectivity index (χ4v) is 6.96. The fourth-order valence-electron chi connectivity index (χ4n) is 6.96. The third-order valence-corrected chi connectivity index (χ3v) is 8.91. The highest BCUT2D eigenvalue weighted by Gasteiger charge is 2.19. The molecule has 44 heavy (non-hydrogen) atoms. The van der Waals surface area contributed by atoms with Gasteiger partial charge in [0.25, 0.3) is 0 Å². The van der Waals surface area contributed by atoms with Gasteiger partial charge >= 0.3 is 0 Å².